The topological polar surface area (TPSA) is 12.5 Å². The van der Waals surface area contributed by atoms with Crippen LogP contribution in [0, 0.1) is 5.82 Å². The summed E-state index contributed by atoms with van der Waals surface area (Å²) in [6.45, 7) is 0.840. The second-order valence-electron chi connectivity index (χ2n) is 3.23. The third-order valence-electron chi connectivity index (χ3n) is 2.15. The van der Waals surface area contributed by atoms with Crippen LogP contribution in [-0.2, 0) is 11.2 Å². The smallest absolute Gasteiger partial charge is 0.123 e. The number of epoxide rings is 1. The van der Waals surface area contributed by atoms with Crippen molar-refractivity contribution in [1.29, 1.82) is 0 Å². The van der Waals surface area contributed by atoms with Gasteiger partial charge in [0.25, 0.3) is 0 Å². The van der Waals surface area contributed by atoms with E-state index in [4.69, 9.17) is 16.3 Å². The molecule has 1 saturated heterocycles. The van der Waals surface area contributed by atoms with Crippen LogP contribution in [0.4, 0.5) is 4.39 Å². The Kier molecular flexibility index (Phi) is 2.51. The molecule has 3 heteroatoms. The lowest BCUT2D eigenvalue weighted by Gasteiger charge is -2.02. The van der Waals surface area contributed by atoms with Gasteiger partial charge in [-0.05, 0) is 36.6 Å². The van der Waals surface area contributed by atoms with Gasteiger partial charge in [-0.25, -0.2) is 4.39 Å². The Hall–Kier alpha value is -0.600. The Morgan fingerprint density at radius 3 is 3.00 bits per heavy atom. The lowest BCUT2D eigenvalue weighted by Crippen LogP contribution is -1.93. The molecule has 0 radical (unpaired) electrons. The number of ether oxygens (including phenoxy) is 1. The Labute approximate surface area is 81.5 Å². The molecule has 0 aromatic heterocycles. The van der Waals surface area contributed by atoms with Crippen LogP contribution >= 0.6 is 11.6 Å². The molecule has 13 heavy (non-hydrogen) atoms. The third kappa shape index (κ3) is 2.42. The van der Waals surface area contributed by atoms with Crippen LogP contribution in [0.3, 0.4) is 0 Å². The minimum absolute atomic E-state index is 0.226. The molecule has 1 unspecified atom stereocenters. The normalized spacial score (nSPS) is 20.3. The van der Waals surface area contributed by atoms with Crippen LogP contribution in [0.2, 0.25) is 5.02 Å². The fourth-order valence-electron chi connectivity index (χ4n) is 1.29. The SMILES string of the molecule is Fc1ccc(Cl)c(CCC2CO2)c1. The average molecular weight is 201 g/mol. The zero-order valence-corrected chi connectivity index (χ0v) is 7.85. The Balaban J connectivity index is 2.03. The second kappa shape index (κ2) is 3.64. The fourth-order valence-corrected chi connectivity index (χ4v) is 1.50. The first-order valence-electron chi connectivity index (χ1n) is 4.31. The molecule has 0 bridgehead atoms. The van der Waals surface area contributed by atoms with Gasteiger partial charge in [-0.3, -0.25) is 0 Å². The number of halogens is 2. The van der Waals surface area contributed by atoms with Gasteiger partial charge in [0.2, 0.25) is 0 Å². The van der Waals surface area contributed by atoms with Crippen LogP contribution in [0.15, 0.2) is 18.2 Å². The van der Waals surface area contributed by atoms with E-state index in [0.717, 1.165) is 25.0 Å². The van der Waals surface area contributed by atoms with E-state index in [1.807, 2.05) is 0 Å². The first-order chi connectivity index (χ1) is 6.25. The van der Waals surface area contributed by atoms with Gasteiger partial charge in [0.1, 0.15) is 5.82 Å². The number of rotatable bonds is 3. The highest BCUT2D eigenvalue weighted by molar-refractivity contribution is 6.31. The number of hydrogen-bond donors (Lipinski definition) is 0. The molecule has 1 aromatic rings. The summed E-state index contributed by atoms with van der Waals surface area (Å²) in [5.41, 5.74) is 0.872. The minimum atomic E-state index is -0.226. The van der Waals surface area contributed by atoms with Crippen molar-refractivity contribution >= 4 is 11.6 Å². The first-order valence-corrected chi connectivity index (χ1v) is 4.69. The van der Waals surface area contributed by atoms with Gasteiger partial charge in [-0.2, -0.15) is 0 Å². The fraction of sp³-hybridized carbons (Fsp3) is 0.400. The van der Waals surface area contributed by atoms with E-state index in [9.17, 15) is 4.39 Å². The third-order valence-corrected chi connectivity index (χ3v) is 2.51. The molecule has 2 rings (SSSR count). The van der Waals surface area contributed by atoms with E-state index in [-0.39, 0.29) is 5.82 Å². The van der Waals surface area contributed by atoms with Crippen molar-refractivity contribution in [2.45, 2.75) is 18.9 Å². The summed E-state index contributed by atoms with van der Waals surface area (Å²) in [4.78, 5) is 0. The van der Waals surface area contributed by atoms with Gasteiger partial charge in [0.15, 0.2) is 0 Å². The van der Waals surface area contributed by atoms with E-state index in [1.54, 1.807) is 6.07 Å². The highest BCUT2D eigenvalue weighted by atomic mass is 35.5. The quantitative estimate of drug-likeness (QED) is 0.684. The van der Waals surface area contributed by atoms with Crippen LogP contribution < -0.4 is 0 Å². The molecule has 0 aliphatic carbocycles. The summed E-state index contributed by atoms with van der Waals surface area (Å²) in [6.07, 6.45) is 2.10. The van der Waals surface area contributed by atoms with Crippen molar-refractivity contribution in [1.82, 2.24) is 0 Å². The Morgan fingerprint density at radius 1 is 1.54 bits per heavy atom. The predicted octanol–water partition coefficient (Wildman–Crippen LogP) is 2.81. The van der Waals surface area contributed by atoms with Crippen LogP contribution in [0.5, 0.6) is 0 Å². The molecule has 0 N–H and O–H groups in total. The Morgan fingerprint density at radius 2 is 2.31 bits per heavy atom. The van der Waals surface area contributed by atoms with E-state index in [1.165, 1.54) is 12.1 Å². The van der Waals surface area contributed by atoms with Gasteiger partial charge < -0.3 is 4.74 Å². The largest absolute Gasteiger partial charge is 0.373 e. The molecule has 70 valence electrons. The van der Waals surface area contributed by atoms with Gasteiger partial charge in [-0.1, -0.05) is 11.6 Å². The molecule has 1 nitrogen and oxygen atoms in total. The minimum Gasteiger partial charge on any atom is -0.373 e. The Bertz CT molecular complexity index is 310. The van der Waals surface area contributed by atoms with Crippen molar-refractivity contribution in [3.8, 4) is 0 Å². The summed E-state index contributed by atoms with van der Waals surface area (Å²) in [5, 5.41) is 0.641. The number of hydrogen-bond acceptors (Lipinski definition) is 1. The maximum Gasteiger partial charge on any atom is 0.123 e. The van der Waals surface area contributed by atoms with E-state index >= 15 is 0 Å². The van der Waals surface area contributed by atoms with Gasteiger partial charge in [-0.15, -0.1) is 0 Å². The average Bonchev–Trinajstić information content (AvgIpc) is 2.90. The van der Waals surface area contributed by atoms with Crippen molar-refractivity contribution in [2.24, 2.45) is 0 Å². The molecule has 0 saturated carbocycles. The number of aryl methyl sites for hydroxylation is 1. The second-order valence-corrected chi connectivity index (χ2v) is 3.64. The molecule has 1 heterocycles. The van der Waals surface area contributed by atoms with Gasteiger partial charge in [0, 0.05) is 5.02 Å². The molecule has 1 aliphatic heterocycles. The molecule has 0 amide bonds. The highest BCUT2D eigenvalue weighted by Gasteiger charge is 2.22. The van der Waals surface area contributed by atoms with Gasteiger partial charge >= 0.3 is 0 Å². The zero-order chi connectivity index (χ0) is 9.26. The molecular formula is C10H10ClFO. The molecular weight excluding hydrogens is 191 g/mol. The lowest BCUT2D eigenvalue weighted by molar-refractivity contribution is 0.396. The van der Waals surface area contributed by atoms with Crippen molar-refractivity contribution in [3.05, 3.63) is 34.6 Å². The van der Waals surface area contributed by atoms with Crippen molar-refractivity contribution in [2.75, 3.05) is 6.61 Å². The lowest BCUT2D eigenvalue weighted by atomic mass is 10.1. The summed E-state index contributed by atoms with van der Waals surface area (Å²) in [7, 11) is 0. The predicted molar refractivity (Wildman–Crippen MR) is 49.5 cm³/mol. The van der Waals surface area contributed by atoms with Crippen molar-refractivity contribution in [3.63, 3.8) is 0 Å². The monoisotopic (exact) mass is 200 g/mol. The van der Waals surface area contributed by atoms with Crippen LogP contribution in [-0.4, -0.2) is 12.7 Å². The molecule has 1 aliphatic rings. The van der Waals surface area contributed by atoms with E-state index in [0.29, 0.717) is 11.1 Å². The summed E-state index contributed by atoms with van der Waals surface area (Å²) in [6, 6.07) is 4.46. The molecule has 0 spiro atoms. The van der Waals surface area contributed by atoms with E-state index < -0.39 is 0 Å². The van der Waals surface area contributed by atoms with Crippen LogP contribution in [0.1, 0.15) is 12.0 Å². The zero-order valence-electron chi connectivity index (χ0n) is 7.09. The summed E-state index contributed by atoms with van der Waals surface area (Å²) < 4.78 is 17.9. The molecule has 1 atom stereocenters. The highest BCUT2D eigenvalue weighted by Crippen LogP contribution is 2.22. The van der Waals surface area contributed by atoms with Crippen LogP contribution in [0.25, 0.3) is 0 Å². The summed E-state index contributed by atoms with van der Waals surface area (Å²) in [5.74, 6) is -0.226. The maximum atomic E-state index is 12.8. The van der Waals surface area contributed by atoms with Crippen molar-refractivity contribution < 1.29 is 9.13 Å². The summed E-state index contributed by atoms with van der Waals surface area (Å²) >= 11 is 5.89. The maximum absolute atomic E-state index is 12.8. The van der Waals surface area contributed by atoms with E-state index in [2.05, 4.69) is 0 Å². The van der Waals surface area contributed by atoms with Gasteiger partial charge in [0.05, 0.1) is 12.7 Å². The molecule has 1 aromatic carbocycles. The molecule has 1 fully saturated rings. The standard InChI is InChI=1S/C10H10ClFO/c11-10-4-2-8(12)5-7(10)1-3-9-6-13-9/h2,4-5,9H,1,3,6H2. The first kappa shape index (κ1) is 8.97. The number of benzene rings is 1.